The molecule has 1 aromatic carbocycles. The summed E-state index contributed by atoms with van der Waals surface area (Å²) in [4.78, 5) is 40.7. The summed E-state index contributed by atoms with van der Waals surface area (Å²) in [7, 11) is 1.55. The van der Waals surface area contributed by atoms with Crippen molar-refractivity contribution in [1.82, 2.24) is 10.2 Å². The highest BCUT2D eigenvalue weighted by Gasteiger charge is 2.35. The maximum absolute atomic E-state index is 14.6. The van der Waals surface area contributed by atoms with Crippen LogP contribution >= 0.6 is 22.9 Å². The van der Waals surface area contributed by atoms with Crippen LogP contribution in [0.15, 0.2) is 30.3 Å². The summed E-state index contributed by atoms with van der Waals surface area (Å²) in [5.74, 6) is -1.54. The molecule has 0 aliphatic carbocycles. The van der Waals surface area contributed by atoms with E-state index in [1.807, 2.05) is 4.90 Å². The van der Waals surface area contributed by atoms with Gasteiger partial charge in [0.2, 0.25) is 5.91 Å². The van der Waals surface area contributed by atoms with Crippen LogP contribution in [0.5, 0.6) is 0 Å². The molecule has 0 unspecified atom stereocenters. The van der Waals surface area contributed by atoms with Crippen LogP contribution < -0.4 is 15.5 Å². The second-order valence-corrected chi connectivity index (χ2v) is 9.68. The standard InChI is InChI=1S/C22H24ClFN4O5S/c1-32-17-10-27(9-16(17)26-22(31)18-4-5-19(23)34-18)11-20(29)25-15-3-2-13(8-14(15)24)28-6-7-33-12-21(28)30/h2-5,8,16-17H,6-7,9-12H2,1H3,(H,25,29)(H,26,31)/t16-,17-/m0/s1. The Morgan fingerprint density at radius 3 is 2.79 bits per heavy atom. The van der Waals surface area contributed by atoms with Crippen molar-refractivity contribution in [2.45, 2.75) is 12.1 Å². The first-order valence-corrected chi connectivity index (χ1v) is 11.8. The lowest BCUT2D eigenvalue weighted by atomic mass is 10.2. The molecule has 34 heavy (non-hydrogen) atoms. The Hall–Kier alpha value is -2.57. The summed E-state index contributed by atoms with van der Waals surface area (Å²) in [6.45, 7) is 1.52. The number of anilines is 2. The fourth-order valence-electron chi connectivity index (χ4n) is 3.99. The van der Waals surface area contributed by atoms with Gasteiger partial charge in [-0.25, -0.2) is 4.39 Å². The van der Waals surface area contributed by atoms with Gasteiger partial charge in [-0.3, -0.25) is 19.3 Å². The zero-order valence-corrected chi connectivity index (χ0v) is 20.0. The number of rotatable bonds is 7. The molecule has 12 heteroatoms. The highest BCUT2D eigenvalue weighted by molar-refractivity contribution is 7.18. The summed E-state index contributed by atoms with van der Waals surface area (Å²) in [5, 5.41) is 5.50. The van der Waals surface area contributed by atoms with Crippen molar-refractivity contribution in [3.05, 3.63) is 45.4 Å². The van der Waals surface area contributed by atoms with Crippen LogP contribution in [-0.2, 0) is 19.1 Å². The molecule has 2 N–H and O–H groups in total. The van der Waals surface area contributed by atoms with Gasteiger partial charge in [0.15, 0.2) is 0 Å². The van der Waals surface area contributed by atoms with E-state index in [0.717, 1.165) is 0 Å². The van der Waals surface area contributed by atoms with Crippen LogP contribution in [0.4, 0.5) is 15.8 Å². The number of morpholine rings is 1. The number of hydrogen-bond donors (Lipinski definition) is 2. The minimum Gasteiger partial charge on any atom is -0.378 e. The fourth-order valence-corrected chi connectivity index (χ4v) is 4.94. The van der Waals surface area contributed by atoms with Gasteiger partial charge in [0.05, 0.1) is 40.2 Å². The van der Waals surface area contributed by atoms with E-state index in [4.69, 9.17) is 21.1 Å². The third-order valence-corrected chi connectivity index (χ3v) is 6.88. The highest BCUT2D eigenvalue weighted by Crippen LogP contribution is 2.24. The SMILES string of the molecule is CO[C@H]1CN(CC(=O)Nc2ccc(N3CCOCC3=O)cc2F)C[C@@H]1NC(=O)c1ccc(Cl)s1. The van der Waals surface area contributed by atoms with Crippen LogP contribution in [0.25, 0.3) is 0 Å². The van der Waals surface area contributed by atoms with Crippen molar-refractivity contribution in [2.75, 3.05) is 56.7 Å². The normalized spacial score (nSPS) is 21.0. The molecule has 2 aliphatic rings. The van der Waals surface area contributed by atoms with Crippen molar-refractivity contribution in [3.63, 3.8) is 0 Å². The Balaban J connectivity index is 1.33. The number of likely N-dealkylation sites (tertiary alicyclic amines) is 1. The summed E-state index contributed by atoms with van der Waals surface area (Å²) in [6.07, 6.45) is -0.297. The topological polar surface area (TPSA) is 100 Å². The van der Waals surface area contributed by atoms with Crippen molar-refractivity contribution in [2.24, 2.45) is 0 Å². The number of ether oxygens (including phenoxy) is 2. The molecule has 2 fully saturated rings. The molecule has 0 radical (unpaired) electrons. The molecule has 0 spiro atoms. The number of thiophene rings is 1. The quantitative estimate of drug-likeness (QED) is 0.591. The van der Waals surface area contributed by atoms with Crippen molar-refractivity contribution in [1.29, 1.82) is 0 Å². The number of carbonyl (C=O) groups excluding carboxylic acids is 3. The van der Waals surface area contributed by atoms with Gasteiger partial charge in [0.25, 0.3) is 11.8 Å². The molecule has 1 aromatic heterocycles. The number of amides is 3. The van der Waals surface area contributed by atoms with E-state index in [-0.39, 0.29) is 42.8 Å². The third-order valence-electron chi connectivity index (χ3n) is 5.65. The van der Waals surface area contributed by atoms with E-state index >= 15 is 0 Å². The molecule has 2 atom stereocenters. The van der Waals surface area contributed by atoms with Gasteiger partial charge in [0, 0.05) is 32.4 Å². The molecular formula is C22H24ClFN4O5S. The monoisotopic (exact) mass is 510 g/mol. The summed E-state index contributed by atoms with van der Waals surface area (Å²) in [5.41, 5.74) is 0.438. The second kappa shape index (κ2) is 10.8. The average molecular weight is 511 g/mol. The van der Waals surface area contributed by atoms with E-state index in [9.17, 15) is 18.8 Å². The van der Waals surface area contributed by atoms with Crippen LogP contribution in [0, 0.1) is 5.82 Å². The van der Waals surface area contributed by atoms with Gasteiger partial charge < -0.3 is 25.0 Å². The van der Waals surface area contributed by atoms with Gasteiger partial charge in [-0.15, -0.1) is 11.3 Å². The van der Waals surface area contributed by atoms with Gasteiger partial charge in [-0.05, 0) is 30.3 Å². The Bertz CT molecular complexity index is 1080. The largest absolute Gasteiger partial charge is 0.378 e. The van der Waals surface area contributed by atoms with Gasteiger partial charge in [-0.2, -0.15) is 0 Å². The number of carbonyl (C=O) groups is 3. The minimum absolute atomic E-state index is 0.000200. The van der Waals surface area contributed by atoms with Gasteiger partial charge in [-0.1, -0.05) is 11.6 Å². The first-order valence-electron chi connectivity index (χ1n) is 10.6. The van der Waals surface area contributed by atoms with Gasteiger partial charge in [0.1, 0.15) is 12.4 Å². The summed E-state index contributed by atoms with van der Waals surface area (Å²) in [6, 6.07) is 7.24. The van der Waals surface area contributed by atoms with Crippen LogP contribution in [0.2, 0.25) is 4.34 Å². The van der Waals surface area contributed by atoms with Crippen molar-refractivity contribution in [3.8, 4) is 0 Å². The number of nitrogens with zero attached hydrogens (tertiary/aromatic N) is 2. The molecule has 9 nitrogen and oxygen atoms in total. The number of methoxy groups -OCH3 is 1. The average Bonchev–Trinajstić information content (AvgIpc) is 3.41. The lowest BCUT2D eigenvalue weighted by Gasteiger charge is -2.27. The molecule has 3 heterocycles. The second-order valence-electron chi connectivity index (χ2n) is 7.96. The molecule has 182 valence electrons. The lowest BCUT2D eigenvalue weighted by Crippen LogP contribution is -2.43. The number of benzene rings is 1. The van der Waals surface area contributed by atoms with E-state index in [2.05, 4.69) is 10.6 Å². The predicted octanol–water partition coefficient (Wildman–Crippen LogP) is 1.97. The van der Waals surface area contributed by atoms with E-state index in [1.165, 1.54) is 28.4 Å². The Morgan fingerprint density at radius 1 is 1.29 bits per heavy atom. The number of hydrogen-bond acceptors (Lipinski definition) is 7. The highest BCUT2D eigenvalue weighted by atomic mass is 35.5. The molecule has 2 saturated heterocycles. The smallest absolute Gasteiger partial charge is 0.261 e. The summed E-state index contributed by atoms with van der Waals surface area (Å²) >= 11 is 7.09. The fraction of sp³-hybridized carbons (Fsp3) is 0.409. The molecule has 3 amide bonds. The molecule has 0 saturated carbocycles. The zero-order chi connectivity index (χ0) is 24.2. The third kappa shape index (κ3) is 5.73. The maximum atomic E-state index is 14.6. The number of halogens is 2. The van der Waals surface area contributed by atoms with Crippen LogP contribution in [0.1, 0.15) is 9.67 Å². The van der Waals surface area contributed by atoms with Crippen LogP contribution in [0.3, 0.4) is 0 Å². The van der Waals surface area contributed by atoms with Crippen molar-refractivity contribution >= 4 is 52.0 Å². The molecule has 0 bridgehead atoms. The Kier molecular flexibility index (Phi) is 7.79. The molecular weight excluding hydrogens is 487 g/mol. The zero-order valence-electron chi connectivity index (χ0n) is 18.4. The summed E-state index contributed by atoms with van der Waals surface area (Å²) < 4.78 is 25.7. The first kappa shape index (κ1) is 24.6. The number of nitrogens with one attached hydrogen (secondary N) is 2. The van der Waals surface area contributed by atoms with E-state index in [1.54, 1.807) is 25.3 Å². The Labute approximate surface area is 204 Å². The first-order chi connectivity index (χ1) is 16.3. The lowest BCUT2D eigenvalue weighted by molar-refractivity contribution is -0.125. The minimum atomic E-state index is -0.638. The molecule has 4 rings (SSSR count). The predicted molar refractivity (Wildman–Crippen MR) is 126 cm³/mol. The molecule has 2 aliphatic heterocycles. The Morgan fingerprint density at radius 2 is 2.12 bits per heavy atom. The van der Waals surface area contributed by atoms with Crippen LogP contribution in [-0.4, -0.2) is 81.3 Å². The van der Waals surface area contributed by atoms with Crippen molar-refractivity contribution < 1.29 is 28.2 Å². The van der Waals surface area contributed by atoms with E-state index < -0.39 is 11.7 Å². The van der Waals surface area contributed by atoms with Gasteiger partial charge >= 0.3 is 0 Å². The molecule has 2 aromatic rings. The van der Waals surface area contributed by atoms with E-state index in [0.29, 0.717) is 41.1 Å². The maximum Gasteiger partial charge on any atom is 0.261 e.